The molecule has 2 rings (SSSR count). The third-order valence-corrected chi connectivity index (χ3v) is 4.62. The number of hydrogen-bond donors (Lipinski definition) is 2. The lowest BCUT2D eigenvalue weighted by molar-refractivity contribution is -0.157. The maximum absolute atomic E-state index is 11.7. The van der Waals surface area contributed by atoms with Gasteiger partial charge >= 0.3 is 11.9 Å². The molecule has 0 radical (unpaired) electrons. The highest BCUT2D eigenvalue weighted by molar-refractivity contribution is 5.78. The second-order valence-corrected chi connectivity index (χ2v) is 7.29. The third kappa shape index (κ3) is 3.44. The normalized spacial score (nSPS) is 29.3. The summed E-state index contributed by atoms with van der Waals surface area (Å²) in [5.41, 5.74) is 5.96. The Morgan fingerprint density at radius 1 is 1.26 bits per heavy atom. The van der Waals surface area contributed by atoms with Crippen molar-refractivity contribution in [2.75, 3.05) is 7.11 Å². The number of carboxylic acid groups (broad SMARTS) is 1. The molecule has 0 saturated heterocycles. The molecule has 1 saturated carbocycles. The van der Waals surface area contributed by atoms with E-state index in [1.807, 2.05) is 30.8 Å². The van der Waals surface area contributed by atoms with Gasteiger partial charge in [0.05, 0.1) is 18.7 Å². The predicted octanol–water partition coefficient (Wildman–Crippen LogP) is 1.30. The molecule has 1 heterocycles. The van der Waals surface area contributed by atoms with Gasteiger partial charge in [0, 0.05) is 17.8 Å². The van der Waals surface area contributed by atoms with Crippen molar-refractivity contribution in [1.82, 2.24) is 10.0 Å². The van der Waals surface area contributed by atoms with Crippen LogP contribution in [0, 0.1) is 5.92 Å². The summed E-state index contributed by atoms with van der Waals surface area (Å²) in [6.07, 6.45) is 4.85. The SMILES string of the molecule is COC(=O)C1CCC(N2C=C(N)C(C(=O)O)N2C(C)(C)C)CC1. The van der Waals surface area contributed by atoms with Crippen LogP contribution in [0.3, 0.4) is 0 Å². The number of ether oxygens (including phenoxy) is 1. The summed E-state index contributed by atoms with van der Waals surface area (Å²) in [5, 5.41) is 13.3. The lowest BCUT2D eigenvalue weighted by atomic mass is 9.86. The van der Waals surface area contributed by atoms with Crippen LogP contribution in [0.2, 0.25) is 0 Å². The Balaban J connectivity index is 2.16. The van der Waals surface area contributed by atoms with Gasteiger partial charge in [0.1, 0.15) is 0 Å². The molecule has 130 valence electrons. The van der Waals surface area contributed by atoms with Crippen LogP contribution in [0.4, 0.5) is 0 Å². The molecule has 0 aromatic rings. The minimum absolute atomic E-state index is 0.0569. The van der Waals surface area contributed by atoms with E-state index in [4.69, 9.17) is 10.5 Å². The summed E-state index contributed by atoms with van der Waals surface area (Å²) in [4.78, 5) is 23.3. The Hall–Kier alpha value is -1.76. The van der Waals surface area contributed by atoms with Gasteiger partial charge in [-0.3, -0.25) is 9.59 Å². The van der Waals surface area contributed by atoms with Crippen LogP contribution in [0.25, 0.3) is 0 Å². The Bertz CT molecular complexity index is 504. The van der Waals surface area contributed by atoms with Crippen LogP contribution < -0.4 is 5.73 Å². The number of carbonyl (C=O) groups is 2. The van der Waals surface area contributed by atoms with Crippen molar-refractivity contribution < 1.29 is 19.4 Å². The van der Waals surface area contributed by atoms with Gasteiger partial charge in [0.2, 0.25) is 0 Å². The Labute approximate surface area is 137 Å². The number of carbonyl (C=O) groups excluding carboxylic acids is 1. The van der Waals surface area contributed by atoms with Gasteiger partial charge in [0.25, 0.3) is 0 Å². The monoisotopic (exact) mass is 325 g/mol. The second-order valence-electron chi connectivity index (χ2n) is 7.29. The summed E-state index contributed by atoms with van der Waals surface area (Å²) in [7, 11) is 1.41. The fraction of sp³-hybridized carbons (Fsp3) is 0.750. The number of aliphatic carboxylic acids is 1. The summed E-state index contributed by atoms with van der Waals surface area (Å²) < 4.78 is 4.82. The van der Waals surface area contributed by atoms with Crippen molar-refractivity contribution in [1.29, 1.82) is 0 Å². The van der Waals surface area contributed by atoms with E-state index in [1.54, 1.807) is 6.20 Å². The molecule has 23 heavy (non-hydrogen) atoms. The zero-order valence-corrected chi connectivity index (χ0v) is 14.3. The smallest absolute Gasteiger partial charge is 0.329 e. The molecule has 2 aliphatic rings. The minimum Gasteiger partial charge on any atom is -0.480 e. The number of methoxy groups -OCH3 is 1. The quantitative estimate of drug-likeness (QED) is 0.755. The highest BCUT2D eigenvalue weighted by Crippen LogP contribution is 2.36. The maximum Gasteiger partial charge on any atom is 0.329 e. The molecule has 7 nitrogen and oxygen atoms in total. The number of nitrogens with zero attached hydrogens (tertiary/aromatic N) is 2. The minimum atomic E-state index is -0.945. The topological polar surface area (TPSA) is 96.1 Å². The van der Waals surface area contributed by atoms with Gasteiger partial charge in [-0.05, 0) is 46.5 Å². The van der Waals surface area contributed by atoms with E-state index >= 15 is 0 Å². The van der Waals surface area contributed by atoms with Crippen molar-refractivity contribution in [3.8, 4) is 0 Å². The lowest BCUT2D eigenvalue weighted by Crippen LogP contribution is -2.58. The predicted molar refractivity (Wildman–Crippen MR) is 84.9 cm³/mol. The summed E-state index contributed by atoms with van der Waals surface area (Å²) in [6, 6.07) is -0.689. The molecule has 0 aromatic carbocycles. The van der Waals surface area contributed by atoms with E-state index in [1.165, 1.54) is 7.11 Å². The number of hydrogen-bond acceptors (Lipinski definition) is 6. The van der Waals surface area contributed by atoms with E-state index in [9.17, 15) is 14.7 Å². The molecule has 1 aliphatic carbocycles. The third-order valence-electron chi connectivity index (χ3n) is 4.62. The van der Waals surface area contributed by atoms with Crippen molar-refractivity contribution in [3.05, 3.63) is 11.9 Å². The standard InChI is InChI=1S/C16H27N3O4/c1-16(2,3)19-13(14(20)21)12(17)9-18(19)11-7-5-10(6-8-11)15(22)23-4/h9-11,13H,5-8,17H2,1-4H3,(H,20,21). The molecule has 7 heteroatoms. The summed E-state index contributed by atoms with van der Waals surface area (Å²) in [5.74, 6) is -1.16. The molecule has 1 unspecified atom stereocenters. The highest BCUT2D eigenvalue weighted by Gasteiger charge is 2.46. The average molecular weight is 325 g/mol. The molecule has 1 fully saturated rings. The molecule has 3 N–H and O–H groups in total. The van der Waals surface area contributed by atoms with Crippen LogP contribution in [0.1, 0.15) is 46.5 Å². The van der Waals surface area contributed by atoms with E-state index in [0.717, 1.165) is 25.7 Å². The van der Waals surface area contributed by atoms with E-state index in [-0.39, 0.29) is 23.5 Å². The van der Waals surface area contributed by atoms with Gasteiger partial charge < -0.3 is 20.6 Å². The van der Waals surface area contributed by atoms with Gasteiger partial charge in [0.15, 0.2) is 6.04 Å². The zero-order chi connectivity index (χ0) is 17.4. The largest absolute Gasteiger partial charge is 0.480 e. The van der Waals surface area contributed by atoms with Gasteiger partial charge in [-0.2, -0.15) is 5.01 Å². The first-order valence-corrected chi connectivity index (χ1v) is 8.02. The molecule has 1 aliphatic heterocycles. The van der Waals surface area contributed by atoms with E-state index < -0.39 is 12.0 Å². The number of esters is 1. The zero-order valence-electron chi connectivity index (χ0n) is 14.3. The van der Waals surface area contributed by atoms with Gasteiger partial charge in [-0.15, -0.1) is 0 Å². The van der Waals surface area contributed by atoms with Crippen molar-refractivity contribution >= 4 is 11.9 Å². The first-order chi connectivity index (χ1) is 10.7. The molecule has 0 bridgehead atoms. The second kappa shape index (κ2) is 6.39. The van der Waals surface area contributed by atoms with Crippen LogP contribution in [-0.2, 0) is 14.3 Å². The summed E-state index contributed by atoms with van der Waals surface area (Å²) in [6.45, 7) is 5.92. The van der Waals surface area contributed by atoms with Gasteiger partial charge in [-0.25, -0.2) is 0 Å². The molecular weight excluding hydrogens is 298 g/mol. The van der Waals surface area contributed by atoms with Crippen molar-refractivity contribution in [3.63, 3.8) is 0 Å². The van der Waals surface area contributed by atoms with E-state index in [0.29, 0.717) is 5.70 Å². The lowest BCUT2D eigenvalue weighted by Gasteiger charge is -2.46. The van der Waals surface area contributed by atoms with Crippen LogP contribution in [0.15, 0.2) is 11.9 Å². The molecule has 1 atom stereocenters. The Morgan fingerprint density at radius 3 is 2.26 bits per heavy atom. The fourth-order valence-corrected chi connectivity index (χ4v) is 3.57. The maximum atomic E-state index is 11.7. The number of nitrogens with two attached hydrogens (primary N) is 1. The number of carboxylic acids is 1. The van der Waals surface area contributed by atoms with Crippen molar-refractivity contribution in [2.45, 2.75) is 64.1 Å². The van der Waals surface area contributed by atoms with E-state index in [2.05, 4.69) is 0 Å². The molecule has 0 amide bonds. The van der Waals surface area contributed by atoms with Crippen LogP contribution in [0.5, 0.6) is 0 Å². The fourth-order valence-electron chi connectivity index (χ4n) is 3.57. The summed E-state index contributed by atoms with van der Waals surface area (Å²) >= 11 is 0. The number of rotatable bonds is 3. The van der Waals surface area contributed by atoms with Gasteiger partial charge in [-0.1, -0.05) is 0 Å². The number of hydrazine groups is 1. The van der Waals surface area contributed by atoms with Crippen LogP contribution in [-0.4, -0.2) is 51.8 Å². The average Bonchev–Trinajstić information content (AvgIpc) is 2.84. The van der Waals surface area contributed by atoms with Crippen LogP contribution >= 0.6 is 0 Å². The molecule has 0 aromatic heterocycles. The Morgan fingerprint density at radius 2 is 1.83 bits per heavy atom. The molecular formula is C16H27N3O4. The van der Waals surface area contributed by atoms with Crippen molar-refractivity contribution in [2.24, 2.45) is 11.7 Å². The first-order valence-electron chi connectivity index (χ1n) is 8.02. The highest BCUT2D eigenvalue weighted by atomic mass is 16.5. The molecule has 0 spiro atoms. The Kier molecular flexibility index (Phi) is 4.89. The first kappa shape index (κ1) is 17.6.